The van der Waals surface area contributed by atoms with Crippen LogP contribution in [0.25, 0.3) is 0 Å². The Morgan fingerprint density at radius 1 is 1.19 bits per heavy atom. The molecular formula is C25H27ClFN5O3S. The molecule has 36 heavy (non-hydrogen) atoms. The zero-order valence-corrected chi connectivity index (χ0v) is 21.9. The SMILES string of the molecule is CNSNc1cc(Cl)cc(Oc2c(C(=O)NC3CC3)c(Nc3ccc(C)cc3F)n(C)c(=O)c2C)c1. The number of halogens is 2. The highest BCUT2D eigenvalue weighted by atomic mass is 35.5. The zero-order chi connectivity index (χ0) is 26.0. The number of aromatic nitrogens is 1. The minimum Gasteiger partial charge on any atom is -0.456 e. The standard InChI is InChI=1S/C25H27ClFN5O3S/c1-13-5-8-20(19(27)9-13)30-23-21(24(33)29-16-6-7-16)22(14(2)25(34)32(23)4)35-18-11-15(26)10-17(12-18)31-36-28-3/h5,8-12,16,28,30-31H,6-7H2,1-4H3,(H,29,33). The Bertz CT molecular complexity index is 1380. The van der Waals surface area contributed by atoms with Gasteiger partial charge in [-0.05, 0) is 63.6 Å². The number of carbonyl (C=O) groups excluding carboxylic acids is 1. The van der Waals surface area contributed by atoms with E-state index in [4.69, 9.17) is 16.3 Å². The molecule has 1 fully saturated rings. The first-order valence-corrected chi connectivity index (χ1v) is 12.5. The number of aryl methyl sites for hydroxylation is 1. The number of anilines is 3. The molecule has 0 aliphatic heterocycles. The molecule has 8 nitrogen and oxygen atoms in total. The minimum absolute atomic E-state index is 0.0485. The fraction of sp³-hybridized carbons (Fsp3) is 0.280. The van der Waals surface area contributed by atoms with Crippen molar-refractivity contribution in [3.8, 4) is 11.5 Å². The lowest BCUT2D eigenvalue weighted by Crippen LogP contribution is -2.31. The second kappa shape index (κ2) is 10.8. The van der Waals surface area contributed by atoms with E-state index in [1.165, 1.54) is 29.8 Å². The Kier molecular flexibility index (Phi) is 7.77. The van der Waals surface area contributed by atoms with E-state index in [1.807, 2.05) is 0 Å². The van der Waals surface area contributed by atoms with Crippen molar-refractivity contribution in [1.82, 2.24) is 14.6 Å². The van der Waals surface area contributed by atoms with Crippen molar-refractivity contribution in [3.63, 3.8) is 0 Å². The number of rotatable bonds is 9. The van der Waals surface area contributed by atoms with Crippen LogP contribution >= 0.6 is 23.7 Å². The van der Waals surface area contributed by atoms with Gasteiger partial charge in [0.25, 0.3) is 11.5 Å². The molecular weight excluding hydrogens is 505 g/mol. The van der Waals surface area contributed by atoms with E-state index >= 15 is 0 Å². The molecule has 0 atom stereocenters. The van der Waals surface area contributed by atoms with E-state index in [-0.39, 0.29) is 34.4 Å². The Balaban J connectivity index is 1.85. The van der Waals surface area contributed by atoms with Gasteiger partial charge in [0.2, 0.25) is 0 Å². The van der Waals surface area contributed by atoms with Crippen LogP contribution < -0.4 is 30.4 Å². The number of hydrogen-bond donors (Lipinski definition) is 4. The highest BCUT2D eigenvalue weighted by molar-refractivity contribution is 7.98. The summed E-state index contributed by atoms with van der Waals surface area (Å²) in [6.45, 7) is 3.36. The van der Waals surface area contributed by atoms with Gasteiger partial charge in [0.15, 0.2) is 5.75 Å². The van der Waals surface area contributed by atoms with Crippen LogP contribution in [-0.4, -0.2) is 23.6 Å². The van der Waals surface area contributed by atoms with Crippen LogP contribution in [0.5, 0.6) is 11.5 Å². The number of ether oxygens (including phenoxy) is 1. The molecule has 3 aromatic rings. The van der Waals surface area contributed by atoms with Crippen molar-refractivity contribution in [2.45, 2.75) is 32.7 Å². The van der Waals surface area contributed by atoms with Crippen molar-refractivity contribution < 1.29 is 13.9 Å². The third-order valence-corrected chi connectivity index (χ3v) is 6.40. The summed E-state index contributed by atoms with van der Waals surface area (Å²) in [5.41, 5.74) is 1.46. The molecule has 0 radical (unpaired) electrons. The Morgan fingerprint density at radius 3 is 2.61 bits per heavy atom. The molecule has 2 aromatic carbocycles. The van der Waals surface area contributed by atoms with Crippen molar-refractivity contribution in [1.29, 1.82) is 0 Å². The normalized spacial score (nSPS) is 12.8. The number of carbonyl (C=O) groups is 1. The fourth-order valence-corrected chi connectivity index (χ4v) is 4.20. The smallest absolute Gasteiger partial charge is 0.259 e. The van der Waals surface area contributed by atoms with E-state index in [2.05, 4.69) is 20.1 Å². The van der Waals surface area contributed by atoms with Crippen LogP contribution in [0.15, 0.2) is 41.2 Å². The second-order valence-corrected chi connectivity index (χ2v) is 9.84. The number of nitrogens with zero attached hydrogens (tertiary/aromatic N) is 1. The summed E-state index contributed by atoms with van der Waals surface area (Å²) in [7, 11) is 3.29. The predicted octanol–water partition coefficient (Wildman–Crippen LogP) is 5.42. The van der Waals surface area contributed by atoms with Crippen LogP contribution in [-0.2, 0) is 7.05 Å². The number of benzene rings is 2. The third kappa shape index (κ3) is 5.77. The van der Waals surface area contributed by atoms with Gasteiger partial charge in [-0.15, -0.1) is 0 Å². The highest BCUT2D eigenvalue weighted by Crippen LogP contribution is 2.36. The summed E-state index contributed by atoms with van der Waals surface area (Å²) < 4.78 is 28.1. The molecule has 1 aromatic heterocycles. The molecule has 4 rings (SSSR count). The molecule has 190 valence electrons. The van der Waals surface area contributed by atoms with Crippen molar-refractivity contribution >= 4 is 46.8 Å². The molecule has 0 bridgehead atoms. The zero-order valence-electron chi connectivity index (χ0n) is 20.3. The van der Waals surface area contributed by atoms with E-state index in [0.29, 0.717) is 16.5 Å². The van der Waals surface area contributed by atoms with Gasteiger partial charge < -0.3 is 20.1 Å². The topological polar surface area (TPSA) is 96.4 Å². The number of amides is 1. The molecule has 1 aliphatic carbocycles. The van der Waals surface area contributed by atoms with Gasteiger partial charge in [0.05, 0.1) is 16.9 Å². The van der Waals surface area contributed by atoms with E-state index in [0.717, 1.165) is 18.4 Å². The molecule has 0 unspecified atom stereocenters. The van der Waals surface area contributed by atoms with Gasteiger partial charge in [-0.2, -0.15) is 0 Å². The van der Waals surface area contributed by atoms with Gasteiger partial charge in [0, 0.05) is 36.3 Å². The Hall–Kier alpha value is -3.21. The molecule has 1 amide bonds. The van der Waals surface area contributed by atoms with Gasteiger partial charge >= 0.3 is 0 Å². The Morgan fingerprint density at radius 2 is 1.94 bits per heavy atom. The maximum Gasteiger partial charge on any atom is 0.259 e. The third-order valence-electron chi connectivity index (χ3n) is 5.64. The molecule has 11 heteroatoms. The molecule has 0 saturated heterocycles. The van der Waals surface area contributed by atoms with Gasteiger partial charge in [0.1, 0.15) is 22.9 Å². The molecule has 1 aliphatic rings. The summed E-state index contributed by atoms with van der Waals surface area (Å²) in [5.74, 6) is -0.418. The largest absolute Gasteiger partial charge is 0.456 e. The van der Waals surface area contributed by atoms with Crippen LogP contribution in [0, 0.1) is 19.7 Å². The van der Waals surface area contributed by atoms with Gasteiger partial charge in [-0.1, -0.05) is 17.7 Å². The number of nitrogens with one attached hydrogen (secondary N) is 4. The molecule has 1 saturated carbocycles. The first-order chi connectivity index (χ1) is 17.2. The average molecular weight is 532 g/mol. The molecule has 1 heterocycles. The summed E-state index contributed by atoms with van der Waals surface area (Å²) in [6.07, 6.45) is 1.74. The summed E-state index contributed by atoms with van der Waals surface area (Å²) in [5, 5.41) is 6.31. The monoisotopic (exact) mass is 531 g/mol. The quantitative estimate of drug-likeness (QED) is 0.274. The Labute approximate surface area is 217 Å². The number of hydrogen-bond acceptors (Lipinski definition) is 7. The first kappa shape index (κ1) is 25.9. The lowest BCUT2D eigenvalue weighted by Gasteiger charge is -2.21. The van der Waals surface area contributed by atoms with Crippen LogP contribution in [0.1, 0.15) is 34.3 Å². The van der Waals surface area contributed by atoms with Crippen molar-refractivity contribution in [3.05, 3.63) is 74.3 Å². The maximum atomic E-state index is 14.7. The highest BCUT2D eigenvalue weighted by Gasteiger charge is 2.30. The summed E-state index contributed by atoms with van der Waals surface area (Å²) >= 11 is 7.53. The average Bonchev–Trinajstić information content (AvgIpc) is 3.64. The molecule has 4 N–H and O–H groups in total. The maximum absolute atomic E-state index is 14.7. The number of pyridine rings is 1. The summed E-state index contributed by atoms with van der Waals surface area (Å²) in [6, 6.07) is 9.72. The van der Waals surface area contributed by atoms with Crippen LogP contribution in [0.3, 0.4) is 0 Å². The minimum atomic E-state index is -0.508. The van der Waals surface area contributed by atoms with Crippen LogP contribution in [0.4, 0.5) is 21.6 Å². The van der Waals surface area contributed by atoms with E-state index in [9.17, 15) is 14.0 Å². The van der Waals surface area contributed by atoms with Gasteiger partial charge in [-0.25, -0.2) is 9.11 Å². The van der Waals surface area contributed by atoms with Crippen molar-refractivity contribution in [2.75, 3.05) is 17.1 Å². The first-order valence-electron chi connectivity index (χ1n) is 11.3. The fourth-order valence-electron chi connectivity index (χ4n) is 3.64. The van der Waals surface area contributed by atoms with E-state index < -0.39 is 17.3 Å². The van der Waals surface area contributed by atoms with Crippen molar-refractivity contribution in [2.24, 2.45) is 7.05 Å². The summed E-state index contributed by atoms with van der Waals surface area (Å²) in [4.78, 5) is 26.6. The van der Waals surface area contributed by atoms with Crippen LogP contribution in [0.2, 0.25) is 5.02 Å². The molecule has 0 spiro atoms. The predicted molar refractivity (Wildman–Crippen MR) is 143 cm³/mol. The second-order valence-electron chi connectivity index (χ2n) is 8.58. The lowest BCUT2D eigenvalue weighted by molar-refractivity contribution is 0.0949. The lowest BCUT2D eigenvalue weighted by atomic mass is 10.1. The van der Waals surface area contributed by atoms with E-state index in [1.54, 1.807) is 51.2 Å². The van der Waals surface area contributed by atoms with Gasteiger partial charge in [-0.3, -0.25) is 14.2 Å².